The molecule has 0 saturated carbocycles. The molecule has 1 aromatic carbocycles. The minimum atomic E-state index is -0.293. The highest BCUT2D eigenvalue weighted by atomic mass is 35.5. The molecule has 25 heavy (non-hydrogen) atoms. The van der Waals surface area contributed by atoms with Crippen LogP contribution in [0.3, 0.4) is 0 Å². The van der Waals surface area contributed by atoms with Crippen molar-refractivity contribution in [3.8, 4) is 0 Å². The van der Waals surface area contributed by atoms with Crippen LogP contribution >= 0.6 is 11.6 Å². The van der Waals surface area contributed by atoms with Crippen LogP contribution in [0.1, 0.15) is 26.3 Å². The first-order chi connectivity index (χ1) is 12.0. The van der Waals surface area contributed by atoms with E-state index in [0.29, 0.717) is 35.1 Å². The molecular formula is C18H19ClN4O2. The molecule has 6 nitrogen and oxygen atoms in total. The van der Waals surface area contributed by atoms with Gasteiger partial charge < -0.3 is 15.5 Å². The number of rotatable bonds is 3. The Morgan fingerprint density at radius 3 is 2.56 bits per heavy atom. The fourth-order valence-electron chi connectivity index (χ4n) is 2.64. The van der Waals surface area contributed by atoms with Gasteiger partial charge in [0.15, 0.2) is 0 Å². The minimum absolute atomic E-state index is 0.0230. The highest BCUT2D eigenvalue weighted by molar-refractivity contribution is 6.29. The molecule has 1 saturated heterocycles. The van der Waals surface area contributed by atoms with E-state index < -0.39 is 0 Å². The molecule has 130 valence electrons. The molecule has 0 atom stereocenters. The summed E-state index contributed by atoms with van der Waals surface area (Å²) in [5.74, 6) is -0.316. The molecule has 1 aromatic heterocycles. The van der Waals surface area contributed by atoms with E-state index in [4.69, 9.17) is 11.6 Å². The third-order valence-corrected chi connectivity index (χ3v) is 4.35. The number of aromatic nitrogens is 1. The summed E-state index contributed by atoms with van der Waals surface area (Å²) in [6, 6.07) is 8.52. The molecule has 0 unspecified atom stereocenters. The predicted molar refractivity (Wildman–Crippen MR) is 97.2 cm³/mol. The van der Waals surface area contributed by atoms with Gasteiger partial charge in [-0.15, -0.1) is 0 Å². The molecule has 1 aliphatic rings. The molecular weight excluding hydrogens is 340 g/mol. The number of carbonyl (C=O) groups is 2. The van der Waals surface area contributed by atoms with Gasteiger partial charge in [-0.05, 0) is 36.8 Å². The lowest BCUT2D eigenvalue weighted by molar-refractivity contribution is 0.0735. The van der Waals surface area contributed by atoms with Gasteiger partial charge in [0.1, 0.15) is 5.15 Å². The van der Waals surface area contributed by atoms with Crippen molar-refractivity contribution >= 4 is 29.1 Å². The van der Waals surface area contributed by atoms with Crippen LogP contribution in [0.2, 0.25) is 5.15 Å². The number of hydrogen-bond donors (Lipinski definition) is 2. The Morgan fingerprint density at radius 1 is 1.16 bits per heavy atom. The standard InChI is InChI=1S/C18H19ClN4O2/c1-12-2-3-13(18(25)23-8-6-20-7-9-23)10-15(12)22-17(24)14-4-5-16(19)21-11-14/h2-5,10-11,20H,6-9H2,1H3,(H,22,24). The summed E-state index contributed by atoms with van der Waals surface area (Å²) in [6.45, 7) is 4.85. The fourth-order valence-corrected chi connectivity index (χ4v) is 2.76. The van der Waals surface area contributed by atoms with Crippen molar-refractivity contribution in [1.82, 2.24) is 15.2 Å². The zero-order valence-corrected chi connectivity index (χ0v) is 14.6. The first kappa shape index (κ1) is 17.4. The van der Waals surface area contributed by atoms with Crippen LogP contribution < -0.4 is 10.6 Å². The number of aryl methyl sites for hydroxylation is 1. The summed E-state index contributed by atoms with van der Waals surface area (Å²) < 4.78 is 0. The second-order valence-electron chi connectivity index (χ2n) is 5.90. The van der Waals surface area contributed by atoms with E-state index in [0.717, 1.165) is 18.7 Å². The second kappa shape index (κ2) is 7.63. The summed E-state index contributed by atoms with van der Waals surface area (Å²) in [7, 11) is 0. The van der Waals surface area contributed by atoms with Gasteiger partial charge in [0, 0.05) is 43.6 Å². The van der Waals surface area contributed by atoms with E-state index in [1.165, 1.54) is 6.20 Å². The molecule has 7 heteroatoms. The summed E-state index contributed by atoms with van der Waals surface area (Å²) >= 11 is 5.74. The van der Waals surface area contributed by atoms with Crippen molar-refractivity contribution in [1.29, 1.82) is 0 Å². The van der Waals surface area contributed by atoms with Crippen molar-refractivity contribution in [2.24, 2.45) is 0 Å². The fraction of sp³-hybridized carbons (Fsp3) is 0.278. The van der Waals surface area contributed by atoms with Crippen LogP contribution in [0, 0.1) is 6.92 Å². The predicted octanol–water partition coefficient (Wildman–Crippen LogP) is 2.34. The van der Waals surface area contributed by atoms with Crippen molar-refractivity contribution in [2.75, 3.05) is 31.5 Å². The van der Waals surface area contributed by atoms with Gasteiger partial charge in [0.2, 0.25) is 0 Å². The van der Waals surface area contributed by atoms with Gasteiger partial charge in [0.05, 0.1) is 5.56 Å². The maximum atomic E-state index is 12.6. The molecule has 2 aromatic rings. The van der Waals surface area contributed by atoms with Gasteiger partial charge in [0.25, 0.3) is 11.8 Å². The van der Waals surface area contributed by atoms with Crippen LogP contribution in [-0.4, -0.2) is 47.9 Å². The highest BCUT2D eigenvalue weighted by Crippen LogP contribution is 2.19. The van der Waals surface area contributed by atoms with E-state index in [1.807, 2.05) is 17.9 Å². The summed E-state index contributed by atoms with van der Waals surface area (Å²) in [5, 5.41) is 6.39. The van der Waals surface area contributed by atoms with Crippen LogP contribution in [0.4, 0.5) is 5.69 Å². The molecule has 2 N–H and O–H groups in total. The van der Waals surface area contributed by atoms with E-state index >= 15 is 0 Å². The topological polar surface area (TPSA) is 74.3 Å². The van der Waals surface area contributed by atoms with Crippen LogP contribution in [0.5, 0.6) is 0 Å². The maximum Gasteiger partial charge on any atom is 0.257 e. The van der Waals surface area contributed by atoms with E-state index in [9.17, 15) is 9.59 Å². The molecule has 0 radical (unpaired) electrons. The summed E-state index contributed by atoms with van der Waals surface area (Å²) in [4.78, 5) is 30.7. The van der Waals surface area contributed by atoms with Crippen LogP contribution in [0.15, 0.2) is 36.5 Å². The molecule has 3 rings (SSSR count). The van der Waals surface area contributed by atoms with Gasteiger partial charge in [-0.25, -0.2) is 4.98 Å². The van der Waals surface area contributed by atoms with Crippen molar-refractivity contribution in [3.05, 3.63) is 58.4 Å². The quantitative estimate of drug-likeness (QED) is 0.826. The van der Waals surface area contributed by atoms with E-state index in [-0.39, 0.29) is 11.8 Å². The Balaban J connectivity index is 1.78. The number of halogens is 1. The number of piperazine rings is 1. The summed E-state index contributed by atoms with van der Waals surface area (Å²) in [6.07, 6.45) is 1.42. The second-order valence-corrected chi connectivity index (χ2v) is 6.28. The van der Waals surface area contributed by atoms with Gasteiger partial charge in [-0.3, -0.25) is 9.59 Å². The average Bonchev–Trinajstić information content (AvgIpc) is 2.64. The number of anilines is 1. The lowest BCUT2D eigenvalue weighted by atomic mass is 10.1. The number of nitrogens with one attached hydrogen (secondary N) is 2. The Bertz CT molecular complexity index is 786. The van der Waals surface area contributed by atoms with Crippen LogP contribution in [0.25, 0.3) is 0 Å². The lowest BCUT2D eigenvalue weighted by Crippen LogP contribution is -2.46. The number of pyridine rings is 1. The number of nitrogens with zero attached hydrogens (tertiary/aromatic N) is 2. The van der Waals surface area contributed by atoms with Gasteiger partial charge >= 0.3 is 0 Å². The monoisotopic (exact) mass is 358 g/mol. The highest BCUT2D eigenvalue weighted by Gasteiger charge is 2.19. The number of carbonyl (C=O) groups excluding carboxylic acids is 2. The third kappa shape index (κ3) is 4.15. The number of hydrogen-bond acceptors (Lipinski definition) is 4. The van der Waals surface area contributed by atoms with Crippen molar-refractivity contribution in [3.63, 3.8) is 0 Å². The normalized spacial score (nSPS) is 14.2. The number of amides is 2. The molecule has 2 heterocycles. The molecule has 1 aliphatic heterocycles. The number of benzene rings is 1. The first-order valence-electron chi connectivity index (χ1n) is 8.08. The Kier molecular flexibility index (Phi) is 5.31. The van der Waals surface area contributed by atoms with Gasteiger partial charge in [-0.2, -0.15) is 0 Å². The Morgan fingerprint density at radius 2 is 1.88 bits per heavy atom. The van der Waals surface area contributed by atoms with Crippen molar-refractivity contribution in [2.45, 2.75) is 6.92 Å². The molecule has 0 spiro atoms. The lowest BCUT2D eigenvalue weighted by Gasteiger charge is -2.27. The minimum Gasteiger partial charge on any atom is -0.336 e. The third-order valence-electron chi connectivity index (χ3n) is 4.13. The SMILES string of the molecule is Cc1ccc(C(=O)N2CCNCC2)cc1NC(=O)c1ccc(Cl)nc1. The summed E-state index contributed by atoms with van der Waals surface area (Å²) in [5.41, 5.74) is 2.47. The average molecular weight is 359 g/mol. The van der Waals surface area contributed by atoms with Gasteiger partial charge in [-0.1, -0.05) is 17.7 Å². The van der Waals surface area contributed by atoms with Crippen molar-refractivity contribution < 1.29 is 9.59 Å². The smallest absolute Gasteiger partial charge is 0.257 e. The van der Waals surface area contributed by atoms with E-state index in [1.54, 1.807) is 24.3 Å². The maximum absolute atomic E-state index is 12.6. The van der Waals surface area contributed by atoms with E-state index in [2.05, 4.69) is 15.6 Å². The largest absolute Gasteiger partial charge is 0.336 e. The zero-order valence-electron chi connectivity index (χ0n) is 13.9. The van der Waals surface area contributed by atoms with Crippen LogP contribution in [-0.2, 0) is 0 Å². The molecule has 0 aliphatic carbocycles. The molecule has 0 bridgehead atoms. The zero-order chi connectivity index (χ0) is 17.8. The molecule has 2 amide bonds. The Hall–Kier alpha value is -2.44. The Labute approximate surface area is 151 Å². The molecule has 1 fully saturated rings. The first-order valence-corrected chi connectivity index (χ1v) is 8.46.